The molecule has 0 saturated heterocycles. The minimum Gasteiger partial charge on any atom is -0.331 e. The Hall–Kier alpha value is -1.39. The van der Waals surface area contributed by atoms with Crippen LogP contribution in [0.4, 0.5) is 0 Å². The van der Waals surface area contributed by atoms with Gasteiger partial charge in [-0.1, -0.05) is 211 Å². The molecule has 1 aromatic rings. The van der Waals surface area contributed by atoms with Gasteiger partial charge >= 0.3 is 0 Å². The minimum absolute atomic E-state index is 0.609. The maximum absolute atomic E-state index is 8.81. The summed E-state index contributed by atoms with van der Waals surface area (Å²) in [6, 6.07) is 10.2. The van der Waals surface area contributed by atoms with Gasteiger partial charge in [-0.25, -0.2) is 0 Å². The normalized spacial score (nSPS) is 11.3. The molecule has 0 amide bonds. The maximum atomic E-state index is 8.81. The van der Waals surface area contributed by atoms with Gasteiger partial charge in [-0.3, -0.25) is 16.0 Å². The first-order chi connectivity index (χ1) is 22.3. The van der Waals surface area contributed by atoms with Gasteiger partial charge in [-0.05, 0) is 25.9 Å². The largest absolute Gasteiger partial charge is 0.331 e. The fourth-order valence-corrected chi connectivity index (χ4v) is 6.31. The molecule has 4 heteroatoms. The first-order valence-corrected chi connectivity index (χ1v) is 20.1. The Morgan fingerprint density at radius 1 is 0.444 bits per heavy atom. The van der Waals surface area contributed by atoms with Gasteiger partial charge in [-0.2, -0.15) is 0 Å². The van der Waals surface area contributed by atoms with Crippen molar-refractivity contribution >= 4 is 5.84 Å². The summed E-state index contributed by atoms with van der Waals surface area (Å²) in [7, 11) is 0. The third-order valence-electron chi connectivity index (χ3n) is 9.38. The second-order valence-corrected chi connectivity index (χ2v) is 13.8. The molecule has 0 aliphatic rings. The molecule has 45 heavy (non-hydrogen) atoms. The van der Waals surface area contributed by atoms with Gasteiger partial charge < -0.3 is 4.90 Å². The van der Waals surface area contributed by atoms with E-state index in [-0.39, 0.29) is 0 Å². The van der Waals surface area contributed by atoms with Crippen molar-refractivity contribution in [2.75, 3.05) is 26.4 Å². The fraction of sp³-hybridized carbons (Fsp3) is 0.829. The second-order valence-electron chi connectivity index (χ2n) is 13.8. The lowest BCUT2D eigenvalue weighted by Gasteiger charge is -2.26. The van der Waals surface area contributed by atoms with Crippen LogP contribution in [0.5, 0.6) is 0 Å². The first-order valence-electron chi connectivity index (χ1n) is 20.1. The monoisotopic (exact) mass is 627 g/mol. The van der Waals surface area contributed by atoms with Gasteiger partial charge in [-0.15, -0.1) is 0 Å². The molecule has 4 nitrogen and oxygen atoms in total. The van der Waals surface area contributed by atoms with Gasteiger partial charge in [0.05, 0.1) is 13.3 Å². The fourth-order valence-electron chi connectivity index (χ4n) is 6.31. The lowest BCUT2D eigenvalue weighted by Crippen LogP contribution is -2.44. The van der Waals surface area contributed by atoms with Crippen LogP contribution in [0.25, 0.3) is 0 Å². The van der Waals surface area contributed by atoms with E-state index in [0.717, 1.165) is 32.0 Å². The van der Waals surface area contributed by atoms with Gasteiger partial charge in [0.2, 0.25) is 0 Å². The number of benzene rings is 1. The number of nitrogens with one attached hydrogen (secondary N) is 3. The SMILES string of the molecule is CCCCCCCCCCCCCCCCNCN(CNCCCCCCCCCCCCCCCC)C(=N)c1ccccc1. The van der Waals surface area contributed by atoms with E-state index in [9.17, 15) is 0 Å². The third-order valence-corrected chi connectivity index (χ3v) is 9.38. The maximum Gasteiger partial charge on any atom is 0.130 e. The molecular formula is C41H78N4. The Kier molecular flexibility index (Phi) is 31.4. The molecule has 0 aromatic heterocycles. The molecule has 0 spiro atoms. The van der Waals surface area contributed by atoms with Crippen molar-refractivity contribution in [2.45, 2.75) is 194 Å². The van der Waals surface area contributed by atoms with Crippen molar-refractivity contribution in [1.29, 1.82) is 5.41 Å². The second kappa shape index (κ2) is 34.0. The predicted octanol–water partition coefficient (Wildman–Crippen LogP) is 12.4. The average Bonchev–Trinajstić information content (AvgIpc) is 3.07. The molecule has 0 atom stereocenters. The number of amidine groups is 1. The van der Waals surface area contributed by atoms with Gasteiger partial charge in [0.15, 0.2) is 0 Å². The van der Waals surface area contributed by atoms with Gasteiger partial charge in [0, 0.05) is 5.56 Å². The van der Waals surface area contributed by atoms with E-state index in [1.807, 2.05) is 18.2 Å². The summed E-state index contributed by atoms with van der Waals surface area (Å²) >= 11 is 0. The zero-order valence-electron chi connectivity index (χ0n) is 30.5. The molecule has 0 unspecified atom stereocenters. The average molecular weight is 627 g/mol. The number of hydrogen-bond donors (Lipinski definition) is 3. The van der Waals surface area contributed by atoms with Crippen LogP contribution in [-0.4, -0.2) is 37.2 Å². The Morgan fingerprint density at radius 2 is 0.733 bits per heavy atom. The molecule has 1 aromatic carbocycles. The molecule has 1 rings (SSSR count). The molecule has 0 heterocycles. The van der Waals surface area contributed by atoms with Crippen LogP contribution in [0.3, 0.4) is 0 Å². The van der Waals surface area contributed by atoms with Crippen molar-refractivity contribution in [2.24, 2.45) is 0 Å². The molecule has 0 aliphatic carbocycles. The lowest BCUT2D eigenvalue weighted by atomic mass is 10.0. The molecule has 0 fully saturated rings. The smallest absolute Gasteiger partial charge is 0.130 e. The Morgan fingerprint density at radius 3 is 1.04 bits per heavy atom. The molecule has 0 radical (unpaired) electrons. The number of unbranched alkanes of at least 4 members (excludes halogenated alkanes) is 26. The summed E-state index contributed by atoms with van der Waals surface area (Å²) in [5.41, 5.74) is 0.995. The molecule has 3 N–H and O–H groups in total. The van der Waals surface area contributed by atoms with Crippen LogP contribution in [-0.2, 0) is 0 Å². The topological polar surface area (TPSA) is 51.1 Å². The molecule has 0 bridgehead atoms. The number of rotatable bonds is 35. The molecule has 0 aliphatic heterocycles. The molecule has 262 valence electrons. The summed E-state index contributed by atoms with van der Waals surface area (Å²) < 4.78 is 0. The van der Waals surface area contributed by atoms with E-state index < -0.39 is 0 Å². The van der Waals surface area contributed by atoms with Crippen LogP contribution >= 0.6 is 0 Å². The Bertz CT molecular complexity index is 685. The molecule has 0 saturated carbocycles. The standard InChI is InChI=1S/C41H78N4/c1-3-5-7-9-11-13-15-17-19-21-23-25-27-32-36-43-38-45(41(42)40-34-30-29-31-35-40)39-44-37-33-28-26-24-22-20-18-16-14-12-10-8-6-4-2/h29-31,34-35,42-44H,3-28,32-33,36-39H2,1-2H3. The number of hydrogen-bond acceptors (Lipinski definition) is 3. The van der Waals surface area contributed by atoms with Crippen LogP contribution < -0.4 is 10.6 Å². The van der Waals surface area contributed by atoms with Crippen molar-refractivity contribution in [3.8, 4) is 0 Å². The zero-order chi connectivity index (χ0) is 32.3. The highest BCUT2D eigenvalue weighted by Crippen LogP contribution is 2.14. The van der Waals surface area contributed by atoms with Crippen molar-refractivity contribution in [3.63, 3.8) is 0 Å². The van der Waals surface area contributed by atoms with E-state index >= 15 is 0 Å². The van der Waals surface area contributed by atoms with E-state index in [2.05, 4.69) is 41.5 Å². The Labute approximate surface area is 282 Å². The quantitative estimate of drug-likeness (QED) is 0.0304. The Balaban J connectivity index is 2.05. The van der Waals surface area contributed by atoms with E-state index in [0.29, 0.717) is 5.84 Å². The lowest BCUT2D eigenvalue weighted by molar-refractivity contribution is 0.345. The van der Waals surface area contributed by atoms with Crippen LogP contribution in [0.2, 0.25) is 0 Å². The summed E-state index contributed by atoms with van der Waals surface area (Å²) in [4.78, 5) is 2.16. The van der Waals surface area contributed by atoms with Crippen molar-refractivity contribution in [3.05, 3.63) is 35.9 Å². The third kappa shape index (κ3) is 27.4. The highest BCUT2D eigenvalue weighted by atomic mass is 15.3. The summed E-state index contributed by atoms with van der Waals surface area (Å²) in [5, 5.41) is 16.1. The van der Waals surface area contributed by atoms with Crippen LogP contribution in [0.1, 0.15) is 199 Å². The van der Waals surface area contributed by atoms with E-state index in [1.165, 1.54) is 180 Å². The van der Waals surface area contributed by atoms with Crippen molar-refractivity contribution in [1.82, 2.24) is 15.5 Å². The summed E-state index contributed by atoms with van der Waals surface area (Å²) in [6.07, 6.45) is 39.2. The first kappa shape index (κ1) is 41.6. The van der Waals surface area contributed by atoms with Crippen LogP contribution in [0, 0.1) is 5.41 Å². The van der Waals surface area contributed by atoms with E-state index in [1.54, 1.807) is 0 Å². The van der Waals surface area contributed by atoms with Crippen molar-refractivity contribution < 1.29 is 0 Å². The molecular weight excluding hydrogens is 548 g/mol. The van der Waals surface area contributed by atoms with Gasteiger partial charge in [0.25, 0.3) is 0 Å². The van der Waals surface area contributed by atoms with Gasteiger partial charge in [0.1, 0.15) is 5.84 Å². The zero-order valence-corrected chi connectivity index (χ0v) is 30.5. The highest BCUT2D eigenvalue weighted by molar-refractivity contribution is 5.96. The summed E-state index contributed by atoms with van der Waals surface area (Å²) in [5.74, 6) is 0.609. The minimum atomic E-state index is 0.609. The highest BCUT2D eigenvalue weighted by Gasteiger charge is 2.11. The van der Waals surface area contributed by atoms with Crippen LogP contribution in [0.15, 0.2) is 30.3 Å². The summed E-state index contributed by atoms with van der Waals surface area (Å²) in [6.45, 7) is 8.14. The van der Waals surface area contributed by atoms with E-state index in [4.69, 9.17) is 5.41 Å². The number of nitrogens with zero attached hydrogens (tertiary/aromatic N) is 1. The predicted molar refractivity (Wildman–Crippen MR) is 201 cm³/mol.